The second-order valence-electron chi connectivity index (χ2n) is 6.95. The zero-order valence-electron chi connectivity index (χ0n) is 18.1. The molecule has 1 N–H and O–H groups in total. The molecule has 4 rings (SSSR count). The van der Waals surface area contributed by atoms with Gasteiger partial charge >= 0.3 is 0 Å². The van der Waals surface area contributed by atoms with Gasteiger partial charge in [-0.2, -0.15) is 9.78 Å². The number of nitrogens with one attached hydrogen (secondary N) is 1. The summed E-state index contributed by atoms with van der Waals surface area (Å²) in [7, 11) is 4.48. The van der Waals surface area contributed by atoms with Crippen molar-refractivity contribution in [2.75, 3.05) is 26.6 Å². The maximum atomic E-state index is 13.3. The molecule has 0 saturated heterocycles. The van der Waals surface area contributed by atoms with E-state index >= 15 is 0 Å². The third kappa shape index (κ3) is 4.20. The average Bonchev–Trinajstić information content (AvgIpc) is 2.84. The fourth-order valence-electron chi connectivity index (χ4n) is 3.41. The summed E-state index contributed by atoms with van der Waals surface area (Å²) in [5.74, 6) is 0.775. The van der Waals surface area contributed by atoms with E-state index in [9.17, 15) is 9.59 Å². The molecule has 0 aliphatic carbocycles. The number of anilines is 1. The van der Waals surface area contributed by atoms with E-state index < -0.39 is 5.91 Å². The van der Waals surface area contributed by atoms with Gasteiger partial charge in [-0.15, -0.1) is 0 Å². The molecule has 0 bridgehead atoms. The molecule has 33 heavy (non-hydrogen) atoms. The molecule has 0 spiro atoms. The first-order valence-corrected chi connectivity index (χ1v) is 10.2. The van der Waals surface area contributed by atoms with Crippen LogP contribution in [0.15, 0.2) is 65.5 Å². The summed E-state index contributed by atoms with van der Waals surface area (Å²) in [6, 6.07) is 16.7. The fraction of sp³-hybridized carbons (Fsp3) is 0.125. The number of fused-ring (bicyclic) bond motifs is 1. The Morgan fingerprint density at radius 2 is 1.64 bits per heavy atom. The van der Waals surface area contributed by atoms with Gasteiger partial charge in [-0.1, -0.05) is 35.9 Å². The van der Waals surface area contributed by atoms with Crippen LogP contribution in [0.5, 0.6) is 17.2 Å². The molecule has 0 saturated carbocycles. The van der Waals surface area contributed by atoms with Crippen molar-refractivity contribution < 1.29 is 19.0 Å². The summed E-state index contributed by atoms with van der Waals surface area (Å²) < 4.78 is 17.0. The molecule has 0 unspecified atom stereocenters. The van der Waals surface area contributed by atoms with Crippen molar-refractivity contribution in [1.82, 2.24) is 9.78 Å². The Hall–Kier alpha value is -4.04. The van der Waals surface area contributed by atoms with E-state index in [1.54, 1.807) is 54.6 Å². The molecule has 0 radical (unpaired) electrons. The third-order valence-electron chi connectivity index (χ3n) is 5.04. The highest BCUT2D eigenvalue weighted by Crippen LogP contribution is 2.36. The summed E-state index contributed by atoms with van der Waals surface area (Å²) in [4.78, 5) is 26.5. The Morgan fingerprint density at radius 1 is 0.909 bits per heavy atom. The van der Waals surface area contributed by atoms with Crippen molar-refractivity contribution >= 4 is 34.0 Å². The standard InChI is InChI=1S/C24H20ClN3O5/c1-31-15-8-6-7-14(11-15)28-24(30)17-10-5-4-9-16(17)22(27-28)23(29)26-19-12-18(25)20(32-2)13-21(19)33-3/h4-13H,1-3H3,(H,26,29). The first-order valence-electron chi connectivity index (χ1n) is 9.86. The third-order valence-corrected chi connectivity index (χ3v) is 5.34. The zero-order chi connectivity index (χ0) is 23.5. The number of hydrogen-bond acceptors (Lipinski definition) is 6. The van der Waals surface area contributed by atoms with Gasteiger partial charge in [0, 0.05) is 17.5 Å². The van der Waals surface area contributed by atoms with Gasteiger partial charge in [0.15, 0.2) is 5.69 Å². The lowest BCUT2D eigenvalue weighted by molar-refractivity contribution is 0.102. The van der Waals surface area contributed by atoms with Gasteiger partial charge in [0.1, 0.15) is 17.2 Å². The van der Waals surface area contributed by atoms with E-state index in [0.717, 1.165) is 0 Å². The van der Waals surface area contributed by atoms with E-state index in [4.69, 9.17) is 25.8 Å². The Bertz CT molecular complexity index is 1420. The number of rotatable bonds is 6. The van der Waals surface area contributed by atoms with Gasteiger partial charge in [0.25, 0.3) is 11.5 Å². The Morgan fingerprint density at radius 3 is 2.33 bits per heavy atom. The highest BCUT2D eigenvalue weighted by molar-refractivity contribution is 6.32. The number of halogens is 1. The smallest absolute Gasteiger partial charge is 0.279 e. The van der Waals surface area contributed by atoms with Crippen LogP contribution in [0.1, 0.15) is 10.5 Å². The molecule has 0 atom stereocenters. The second-order valence-corrected chi connectivity index (χ2v) is 7.36. The van der Waals surface area contributed by atoms with Crippen LogP contribution in [0.25, 0.3) is 16.5 Å². The van der Waals surface area contributed by atoms with Gasteiger partial charge in [0.2, 0.25) is 0 Å². The number of nitrogens with zero attached hydrogens (tertiary/aromatic N) is 2. The Balaban J connectivity index is 1.85. The largest absolute Gasteiger partial charge is 0.497 e. The van der Waals surface area contributed by atoms with Crippen LogP contribution >= 0.6 is 11.6 Å². The predicted molar refractivity (Wildman–Crippen MR) is 126 cm³/mol. The summed E-state index contributed by atoms with van der Waals surface area (Å²) >= 11 is 6.23. The van der Waals surface area contributed by atoms with Crippen molar-refractivity contribution in [2.45, 2.75) is 0 Å². The average molecular weight is 466 g/mol. The van der Waals surface area contributed by atoms with Crippen molar-refractivity contribution in [3.63, 3.8) is 0 Å². The summed E-state index contributed by atoms with van der Waals surface area (Å²) in [6.07, 6.45) is 0. The number of methoxy groups -OCH3 is 3. The van der Waals surface area contributed by atoms with Gasteiger partial charge < -0.3 is 19.5 Å². The monoisotopic (exact) mass is 465 g/mol. The minimum absolute atomic E-state index is 0.0574. The van der Waals surface area contributed by atoms with Crippen molar-refractivity contribution in [3.05, 3.63) is 81.7 Å². The van der Waals surface area contributed by atoms with Crippen molar-refractivity contribution in [3.8, 4) is 22.9 Å². The van der Waals surface area contributed by atoms with Gasteiger partial charge in [-0.05, 0) is 24.3 Å². The first-order chi connectivity index (χ1) is 16.0. The van der Waals surface area contributed by atoms with Crippen LogP contribution in [0.2, 0.25) is 5.02 Å². The maximum absolute atomic E-state index is 13.3. The van der Waals surface area contributed by atoms with E-state index in [0.29, 0.717) is 44.4 Å². The molecule has 1 amide bonds. The molecule has 0 fully saturated rings. The van der Waals surface area contributed by atoms with Crippen LogP contribution in [0.3, 0.4) is 0 Å². The van der Waals surface area contributed by atoms with Crippen LogP contribution in [-0.4, -0.2) is 37.0 Å². The number of carbonyl (C=O) groups is 1. The number of ether oxygens (including phenoxy) is 3. The highest BCUT2D eigenvalue weighted by atomic mass is 35.5. The van der Waals surface area contributed by atoms with Crippen LogP contribution < -0.4 is 25.1 Å². The van der Waals surface area contributed by atoms with E-state index in [1.165, 1.54) is 32.1 Å². The normalized spacial score (nSPS) is 10.7. The molecule has 1 heterocycles. The minimum Gasteiger partial charge on any atom is -0.497 e. The number of carbonyl (C=O) groups excluding carboxylic acids is 1. The topological polar surface area (TPSA) is 91.7 Å². The first kappa shape index (κ1) is 22.2. The summed E-state index contributed by atoms with van der Waals surface area (Å²) in [5.41, 5.74) is 0.491. The van der Waals surface area contributed by atoms with Crippen LogP contribution in [-0.2, 0) is 0 Å². The molecule has 0 aliphatic rings. The quantitative estimate of drug-likeness (QED) is 0.456. The fourth-order valence-corrected chi connectivity index (χ4v) is 3.65. The molecule has 3 aromatic carbocycles. The molecule has 168 valence electrons. The lowest BCUT2D eigenvalue weighted by Crippen LogP contribution is -2.26. The molecule has 8 nitrogen and oxygen atoms in total. The van der Waals surface area contributed by atoms with Gasteiger partial charge in [-0.25, -0.2) is 0 Å². The van der Waals surface area contributed by atoms with Crippen molar-refractivity contribution in [1.29, 1.82) is 0 Å². The number of benzene rings is 3. The zero-order valence-corrected chi connectivity index (χ0v) is 18.8. The predicted octanol–water partition coefficient (Wildman–Crippen LogP) is 4.32. The van der Waals surface area contributed by atoms with Gasteiger partial charge in [-0.3, -0.25) is 9.59 Å². The lowest BCUT2D eigenvalue weighted by atomic mass is 10.1. The molecule has 9 heteroatoms. The molecular weight excluding hydrogens is 446 g/mol. The van der Waals surface area contributed by atoms with E-state index in [1.807, 2.05) is 0 Å². The second kappa shape index (κ2) is 9.22. The molecule has 4 aromatic rings. The van der Waals surface area contributed by atoms with E-state index in [2.05, 4.69) is 10.4 Å². The van der Waals surface area contributed by atoms with Gasteiger partial charge in [0.05, 0.1) is 43.1 Å². The lowest BCUT2D eigenvalue weighted by Gasteiger charge is -2.15. The SMILES string of the molecule is COc1cccc(-n2nc(C(=O)Nc3cc(Cl)c(OC)cc3OC)c3ccccc3c2=O)c1. The molecular formula is C24H20ClN3O5. The molecule has 1 aromatic heterocycles. The van der Waals surface area contributed by atoms with E-state index in [-0.39, 0.29) is 11.3 Å². The molecule has 0 aliphatic heterocycles. The maximum Gasteiger partial charge on any atom is 0.279 e. The minimum atomic E-state index is -0.539. The highest BCUT2D eigenvalue weighted by Gasteiger charge is 2.20. The Kier molecular flexibility index (Phi) is 6.19. The number of hydrogen-bond donors (Lipinski definition) is 1. The van der Waals surface area contributed by atoms with Crippen LogP contribution in [0.4, 0.5) is 5.69 Å². The summed E-state index contributed by atoms with van der Waals surface area (Å²) in [5, 5.41) is 8.23. The summed E-state index contributed by atoms with van der Waals surface area (Å²) in [6.45, 7) is 0. The number of amides is 1. The van der Waals surface area contributed by atoms with Crippen molar-refractivity contribution in [2.24, 2.45) is 0 Å². The van der Waals surface area contributed by atoms with Crippen LogP contribution in [0, 0.1) is 0 Å². The number of aromatic nitrogens is 2. The Labute approximate surface area is 194 Å².